The molecule has 0 spiro atoms. The Morgan fingerprint density at radius 2 is 0.700 bits per heavy atom. The topological polar surface area (TPSA) is 141 Å². The zero-order valence-corrected chi connectivity index (χ0v) is 33.8. The van der Waals surface area contributed by atoms with Crippen LogP contribution in [-0.4, -0.2) is 69.7 Å². The second kappa shape index (κ2) is 12.7. The Morgan fingerprint density at radius 3 is 0.900 bits per heavy atom. The quantitative estimate of drug-likeness (QED) is 0.199. The summed E-state index contributed by atoms with van der Waals surface area (Å²) < 4.78 is 24.3. The van der Waals surface area contributed by atoms with Crippen molar-refractivity contribution in [1.82, 2.24) is 16.0 Å². The predicted molar refractivity (Wildman–Crippen MR) is 190 cm³/mol. The van der Waals surface area contributed by atoms with Gasteiger partial charge in [-0.3, -0.25) is 19.2 Å². The van der Waals surface area contributed by atoms with Crippen LogP contribution in [0, 0.1) is 34.5 Å². The van der Waals surface area contributed by atoms with Crippen LogP contribution in [0.5, 0.6) is 0 Å². The van der Waals surface area contributed by atoms with Gasteiger partial charge >= 0.3 is 36.5 Å². The number of rotatable bonds is 9. The van der Waals surface area contributed by atoms with Crippen LogP contribution in [0.3, 0.4) is 0 Å². The first-order valence-corrected chi connectivity index (χ1v) is 18.5. The first-order valence-electron chi connectivity index (χ1n) is 18.5. The van der Waals surface area contributed by atoms with Gasteiger partial charge in [0.25, 0.3) is 0 Å². The first-order chi connectivity index (χ1) is 22.3. The minimum absolute atomic E-state index is 0.121. The minimum Gasteiger partial charge on any atom is -0.417 e. The Hall–Kier alpha value is -2.24. The summed E-state index contributed by atoms with van der Waals surface area (Å²) in [7, 11) is 0. The molecule has 0 bridgehead atoms. The highest BCUT2D eigenvalue weighted by Gasteiger charge is 2.55. The molecule has 3 heterocycles. The van der Waals surface area contributed by atoms with Gasteiger partial charge in [0, 0.05) is 33.2 Å². The smallest absolute Gasteiger partial charge is 0.320 e. The van der Waals surface area contributed by atoms with Crippen molar-refractivity contribution >= 4 is 23.9 Å². The van der Waals surface area contributed by atoms with Gasteiger partial charge in [-0.05, 0) is 126 Å². The Balaban J connectivity index is 1.73. The molecule has 11 nitrogen and oxygen atoms in total. The summed E-state index contributed by atoms with van der Waals surface area (Å²) in [5.41, 5.74) is -3.56. The average Bonchev–Trinajstić information content (AvgIpc) is 3.45. The van der Waals surface area contributed by atoms with Crippen molar-refractivity contribution < 1.29 is 38.1 Å². The Labute approximate surface area is 300 Å². The SMILES string of the molecule is CC1(C)CC(C(=O)OC(OC(=O)C2CC(C)(C)NC2(C)C)C(OC(=O)C2CC(C)(C)NC2(C)C)OC(=O)C2CC(C)(C)NC2(C)C)C(C)(C)C1. The van der Waals surface area contributed by atoms with Gasteiger partial charge < -0.3 is 34.9 Å². The van der Waals surface area contributed by atoms with Gasteiger partial charge in [0.2, 0.25) is 0 Å². The molecule has 5 unspecified atom stereocenters. The molecular weight excluding hydrogens is 638 g/mol. The van der Waals surface area contributed by atoms with Crippen molar-refractivity contribution in [2.24, 2.45) is 34.5 Å². The molecule has 286 valence electrons. The van der Waals surface area contributed by atoms with Crippen LogP contribution >= 0.6 is 0 Å². The summed E-state index contributed by atoms with van der Waals surface area (Å²) in [5.74, 6) is -4.89. The highest BCUT2D eigenvalue weighted by Crippen LogP contribution is 2.53. The fourth-order valence-corrected chi connectivity index (χ4v) is 10.2. The number of hydrogen-bond donors (Lipinski definition) is 3. The lowest BCUT2D eigenvalue weighted by Gasteiger charge is -2.34. The van der Waals surface area contributed by atoms with E-state index in [1.165, 1.54) is 0 Å². The Kier molecular flexibility index (Phi) is 10.3. The van der Waals surface area contributed by atoms with Gasteiger partial charge in [-0.2, -0.15) is 0 Å². The molecule has 3 N–H and O–H groups in total. The van der Waals surface area contributed by atoms with Crippen molar-refractivity contribution in [3.63, 3.8) is 0 Å². The van der Waals surface area contributed by atoms with Crippen LogP contribution in [-0.2, 0) is 38.1 Å². The fourth-order valence-electron chi connectivity index (χ4n) is 10.2. The van der Waals surface area contributed by atoms with Crippen LogP contribution in [0.1, 0.15) is 143 Å². The largest absolute Gasteiger partial charge is 0.417 e. The van der Waals surface area contributed by atoms with E-state index in [-0.39, 0.29) is 22.0 Å². The first kappa shape index (κ1) is 40.5. The monoisotopic (exact) mass is 705 g/mol. The van der Waals surface area contributed by atoms with Crippen molar-refractivity contribution in [2.75, 3.05) is 0 Å². The van der Waals surface area contributed by atoms with Gasteiger partial charge in [0.1, 0.15) is 0 Å². The summed E-state index contributed by atoms with van der Waals surface area (Å²) in [6, 6.07) is 0. The van der Waals surface area contributed by atoms with Gasteiger partial charge in [-0.15, -0.1) is 0 Å². The maximum Gasteiger partial charge on any atom is 0.320 e. The lowest BCUT2D eigenvalue weighted by atomic mass is 9.81. The van der Waals surface area contributed by atoms with Crippen molar-refractivity contribution in [3.8, 4) is 0 Å². The molecule has 0 aromatic heterocycles. The zero-order valence-electron chi connectivity index (χ0n) is 33.8. The number of esters is 4. The highest BCUT2D eigenvalue weighted by molar-refractivity contribution is 5.79. The molecule has 0 aromatic carbocycles. The molecule has 4 fully saturated rings. The van der Waals surface area contributed by atoms with Crippen LogP contribution in [0.25, 0.3) is 0 Å². The third kappa shape index (κ3) is 8.85. The van der Waals surface area contributed by atoms with Gasteiger partial charge in [-0.25, -0.2) is 0 Å². The van der Waals surface area contributed by atoms with Crippen molar-refractivity contribution in [2.45, 2.75) is 189 Å². The number of carbonyl (C=O) groups excluding carboxylic acids is 4. The maximum absolute atomic E-state index is 14.1. The zero-order chi connectivity index (χ0) is 38.3. The molecule has 1 aliphatic carbocycles. The summed E-state index contributed by atoms with van der Waals surface area (Å²) in [6.07, 6.45) is -0.927. The van der Waals surface area contributed by atoms with E-state index < -0.39 is 82.2 Å². The highest BCUT2D eigenvalue weighted by atomic mass is 16.8. The van der Waals surface area contributed by atoms with E-state index >= 15 is 0 Å². The van der Waals surface area contributed by atoms with Crippen LogP contribution in [0.2, 0.25) is 0 Å². The third-order valence-corrected chi connectivity index (χ3v) is 11.7. The lowest BCUT2D eigenvalue weighted by molar-refractivity contribution is -0.267. The van der Waals surface area contributed by atoms with E-state index in [0.29, 0.717) is 25.7 Å². The fraction of sp³-hybridized carbons (Fsp3) is 0.897. The number of ether oxygens (including phenoxy) is 4. The van der Waals surface area contributed by atoms with E-state index in [1.807, 2.05) is 96.9 Å². The molecule has 4 rings (SSSR count). The van der Waals surface area contributed by atoms with E-state index in [2.05, 4.69) is 29.8 Å². The maximum atomic E-state index is 14.1. The van der Waals surface area contributed by atoms with E-state index in [0.717, 1.165) is 6.42 Å². The summed E-state index contributed by atoms with van der Waals surface area (Å²) in [6.45, 7) is 31.8. The molecule has 50 heavy (non-hydrogen) atoms. The lowest BCUT2D eigenvalue weighted by Crippen LogP contribution is -2.51. The predicted octanol–water partition coefficient (Wildman–Crippen LogP) is 5.77. The summed E-state index contributed by atoms with van der Waals surface area (Å²) in [4.78, 5) is 56.4. The van der Waals surface area contributed by atoms with E-state index in [1.54, 1.807) is 0 Å². The van der Waals surface area contributed by atoms with Crippen molar-refractivity contribution in [3.05, 3.63) is 0 Å². The molecule has 3 aliphatic heterocycles. The molecule has 4 aliphatic rings. The van der Waals surface area contributed by atoms with E-state index in [4.69, 9.17) is 18.9 Å². The van der Waals surface area contributed by atoms with Crippen LogP contribution in [0.15, 0.2) is 0 Å². The standard InChI is InChI=1S/C39H67N3O8/c1-32(2)17-22(33(3,4)21-32)26(43)47-30(48-27(44)23-18-34(5,6)40-37(23,11)12)31(49-28(45)24-19-35(7,8)41-38(24,13)14)50-29(46)25-20-36(9,10)42-39(25,15)16/h22-25,30-31,40-42H,17-21H2,1-16H3. The second-order valence-electron chi connectivity index (χ2n) is 21.0. The molecule has 3 saturated heterocycles. The normalized spacial score (nSPS) is 33.2. The average molecular weight is 706 g/mol. The number of carbonyl (C=O) groups is 4. The van der Waals surface area contributed by atoms with Gasteiger partial charge in [0.15, 0.2) is 0 Å². The minimum atomic E-state index is -1.83. The Morgan fingerprint density at radius 1 is 0.440 bits per heavy atom. The summed E-state index contributed by atoms with van der Waals surface area (Å²) >= 11 is 0. The molecule has 5 atom stereocenters. The van der Waals surface area contributed by atoms with E-state index in [9.17, 15) is 19.2 Å². The van der Waals surface area contributed by atoms with Crippen LogP contribution in [0.4, 0.5) is 0 Å². The Bertz CT molecular complexity index is 1160. The molecule has 0 radical (unpaired) electrons. The van der Waals surface area contributed by atoms with Gasteiger partial charge in [-0.1, -0.05) is 27.7 Å². The van der Waals surface area contributed by atoms with Crippen LogP contribution < -0.4 is 16.0 Å². The third-order valence-electron chi connectivity index (χ3n) is 11.7. The molecule has 11 heteroatoms. The molecular formula is C39H67N3O8. The molecule has 1 saturated carbocycles. The second-order valence-corrected chi connectivity index (χ2v) is 21.0. The summed E-state index contributed by atoms with van der Waals surface area (Å²) in [5, 5.41) is 10.5. The molecule has 0 aromatic rings. The van der Waals surface area contributed by atoms with Gasteiger partial charge in [0.05, 0.1) is 23.7 Å². The van der Waals surface area contributed by atoms with Crippen molar-refractivity contribution in [1.29, 1.82) is 0 Å². The number of nitrogens with one attached hydrogen (secondary N) is 3. The molecule has 0 amide bonds. The number of hydrogen-bond acceptors (Lipinski definition) is 11.